The summed E-state index contributed by atoms with van der Waals surface area (Å²) in [5.74, 6) is -3.24. The number of anilines is 4. The minimum Gasteiger partial charge on any atom is -0.393 e. The maximum Gasteiger partial charge on any atom is 0.280 e. The third-order valence-electron chi connectivity index (χ3n) is 28.3. The lowest BCUT2D eigenvalue weighted by atomic mass is 9.89. The Morgan fingerprint density at radius 3 is 1.03 bits per heavy atom. The van der Waals surface area contributed by atoms with Crippen molar-refractivity contribution in [3.63, 3.8) is 0 Å². The zero-order valence-corrected chi connectivity index (χ0v) is 88.6. The third-order valence-corrected chi connectivity index (χ3v) is 34.4. The molecule has 8 aliphatic heterocycles. The van der Waals surface area contributed by atoms with Crippen LogP contribution in [0.4, 0.5) is 40.8 Å². The number of aliphatic hydroxyl groups is 3. The molecule has 5 atom stereocenters. The van der Waals surface area contributed by atoms with Crippen LogP contribution in [-0.2, 0) is 9.84 Å². The highest BCUT2D eigenvalue weighted by atomic mass is 32.2. The summed E-state index contributed by atoms with van der Waals surface area (Å²) < 4.78 is 80.0. The average molecular weight is 2080 g/mol. The SMILES string of the molecule is C[C@H]1CC(F)(F)CN1C(=O)c1nc(C(=O)NC2CC(O)C2)sc1-c1cnc(NC(C)(C)C)cc1C(F)F.Cc1cc(NC(C)(C)C)ncc1-c1sc(C(=O)NC2CCS(=O)(=O)CC2)nc1C(=O)N1C2CCC1CC2.Cc1cc(NC(C)(C)C)ncc1-c1sc(C(=O)NC2CC[C@@H](O)C2)nc1C(=O)N1C2CCC1CC2.Cc1cc(NC(C)(C)C)ncc1-c1sc(C(=O)N[C@@H]2CCC[C@H]2O)nc1C(=O)N1C2CCC1CC2. The first-order chi connectivity index (χ1) is 67.7. The van der Waals surface area contributed by atoms with Crippen molar-refractivity contribution in [1.82, 2.24) is 80.7 Å². The molecule has 8 saturated heterocycles. The molecule has 3 saturated carbocycles. The summed E-state index contributed by atoms with van der Waals surface area (Å²) in [6.45, 7) is 30.8. The molecule has 11 N–H and O–H groups in total. The van der Waals surface area contributed by atoms with Gasteiger partial charge < -0.3 is 77.5 Å². The molecule has 1 unspecified atom stereocenters. The second-order valence-corrected chi connectivity index (χ2v) is 51.0. The van der Waals surface area contributed by atoms with Crippen LogP contribution in [0.15, 0.2) is 49.1 Å². The number of aryl methyl sites for hydroxylation is 3. The Morgan fingerprint density at radius 2 is 0.729 bits per heavy atom. The second-order valence-electron chi connectivity index (χ2n) is 44.7. The first kappa shape index (κ1) is 106. The number of amides is 8. The van der Waals surface area contributed by atoms with Gasteiger partial charge in [-0.1, -0.05) is 0 Å². The van der Waals surface area contributed by atoms with E-state index in [4.69, 9.17) is 0 Å². The number of alkyl halides is 4. The molecule has 778 valence electrons. The van der Waals surface area contributed by atoms with Crippen molar-refractivity contribution in [1.29, 1.82) is 0 Å². The van der Waals surface area contributed by atoms with E-state index < -0.39 is 76.3 Å². The molecule has 3 aliphatic carbocycles. The molecule has 16 heterocycles. The molecule has 0 radical (unpaired) electrons. The summed E-state index contributed by atoms with van der Waals surface area (Å²) in [4.78, 5) is 152. The van der Waals surface area contributed by atoms with Crippen molar-refractivity contribution >= 4 is 126 Å². The van der Waals surface area contributed by atoms with Gasteiger partial charge in [0.2, 0.25) is 0 Å². The molecule has 11 fully saturated rings. The van der Waals surface area contributed by atoms with Crippen LogP contribution >= 0.6 is 45.3 Å². The van der Waals surface area contributed by atoms with E-state index in [1.54, 1.807) is 18.6 Å². The van der Waals surface area contributed by atoms with Gasteiger partial charge in [0.15, 0.2) is 20.0 Å². The largest absolute Gasteiger partial charge is 0.393 e. The molecule has 11 aliphatic rings. The molecule has 42 heteroatoms. The van der Waals surface area contributed by atoms with Gasteiger partial charge in [0.05, 0.1) is 61.9 Å². The van der Waals surface area contributed by atoms with Crippen LogP contribution in [0.1, 0.15) is 348 Å². The Kier molecular flexibility index (Phi) is 31.4. The normalized spacial score (nSPS) is 24.5. The van der Waals surface area contributed by atoms with Gasteiger partial charge in [-0.25, -0.2) is 65.9 Å². The summed E-state index contributed by atoms with van der Waals surface area (Å²) >= 11 is 4.42. The second kappa shape index (κ2) is 42.5. The van der Waals surface area contributed by atoms with Crippen LogP contribution in [0.5, 0.6) is 0 Å². The fraction of sp³-hybridized carbons (Fsp3) is 0.608. The van der Waals surface area contributed by atoms with Crippen LogP contribution in [0.25, 0.3) is 41.8 Å². The zero-order chi connectivity index (χ0) is 104. The lowest BCUT2D eigenvalue weighted by Crippen LogP contribution is -2.46. The van der Waals surface area contributed by atoms with Crippen molar-refractivity contribution in [2.45, 2.75) is 378 Å². The maximum absolute atomic E-state index is 14.2. The topological polar surface area (TPSA) is 444 Å². The number of likely N-dealkylation sites (tertiary alicyclic amines) is 1. The van der Waals surface area contributed by atoms with Crippen LogP contribution in [0, 0.1) is 20.8 Å². The Morgan fingerprint density at radius 1 is 0.410 bits per heavy atom. The first-order valence-corrected chi connectivity index (χ1v) is 55.3. The Hall–Kier alpha value is -10.4. The number of thiazole rings is 4. The van der Waals surface area contributed by atoms with E-state index in [2.05, 4.69) is 145 Å². The minimum absolute atomic E-state index is 0.0451. The number of nitrogens with zero attached hydrogens (tertiary/aromatic N) is 12. The minimum atomic E-state index is -3.09. The number of aromatic nitrogens is 8. The first-order valence-electron chi connectivity index (χ1n) is 50.2. The number of nitrogens with one attached hydrogen (secondary N) is 8. The Labute approximate surface area is 853 Å². The summed E-state index contributed by atoms with van der Waals surface area (Å²) in [6.07, 6.45) is 19.8. The predicted octanol–water partition coefficient (Wildman–Crippen LogP) is 16.5. The number of carbonyl (C=O) groups is 8. The standard InChI is InChI=1S/C26H35N5O4S2.2C26H35N5O3S.C24H29F4N5O3S/c1-15-13-20(30-26(2,3)4)27-14-19(15)22-21(25(33)31-17-5-6-18(31)8-7-17)29-24(36-22)23(32)28-16-9-11-37(34,35)12-10-16;1-14-11-20(30-26(2,3)4)27-13-19(14)22-21(25(34)31-16-6-7-17(31)9-8-16)29-24(35-22)23(33)28-15-5-10-18(32)12-15;1-14-12-20(30-26(2,3)4)27-13-17(14)22-21(25(34)31-15-8-9-16(31)11-10-15)29-24(35-22)23(33)28-18-6-5-7-19(18)32;1-11-8-24(27,28)10-33(11)22(36)17-18(37-21(31-17)20(35)30-12-5-13(34)6-12)15-9-29-16(32-23(2,3)4)7-14(15)19(25)26/h13-14,16-18H,5-12H2,1-4H3,(H,27,30)(H,28,32);11,13,15-18,32H,5-10,12H2,1-4H3,(H,27,30)(H,28,33);12-13,15-16,18-19,32H,5-11H2,1-4H3,(H,27,30)(H,28,33);7,9,11-13,19,34H,5-6,8,10H2,1-4H3,(H,29,32)(H,30,35)/t;15?,16?,17?,18-;15?,16?,18-,19-;11-,12?,13?/m.110/s1. The maximum atomic E-state index is 14.2. The number of hydrogen-bond donors (Lipinski definition) is 11. The summed E-state index contributed by atoms with van der Waals surface area (Å²) in [6, 6.07) is 7.00. The van der Waals surface area contributed by atoms with Crippen LogP contribution in [0.3, 0.4) is 0 Å². The number of sulfone groups is 1. The number of aliphatic hydroxyl groups excluding tert-OH is 3. The van der Waals surface area contributed by atoms with Gasteiger partial charge in [-0.15, -0.1) is 45.3 Å². The van der Waals surface area contributed by atoms with Gasteiger partial charge in [0.1, 0.15) is 55.9 Å². The molecule has 19 rings (SSSR count). The lowest BCUT2D eigenvalue weighted by Gasteiger charge is -2.31. The highest BCUT2D eigenvalue weighted by molar-refractivity contribution is 7.91. The smallest absolute Gasteiger partial charge is 0.280 e. The van der Waals surface area contributed by atoms with Crippen molar-refractivity contribution in [2.24, 2.45) is 0 Å². The van der Waals surface area contributed by atoms with Crippen molar-refractivity contribution < 1.29 is 79.7 Å². The Bertz CT molecular complexity index is 6220. The van der Waals surface area contributed by atoms with Gasteiger partial charge in [0, 0.05) is 142 Å². The van der Waals surface area contributed by atoms with E-state index in [0.29, 0.717) is 76.7 Å². The van der Waals surface area contributed by atoms with Gasteiger partial charge in [-0.2, -0.15) is 0 Å². The Balaban J connectivity index is 0.000000138. The number of hydrogen-bond acceptors (Lipinski definition) is 29. The van der Waals surface area contributed by atoms with Crippen molar-refractivity contribution in [3.05, 3.63) is 114 Å². The number of pyridine rings is 4. The predicted molar refractivity (Wildman–Crippen MR) is 549 cm³/mol. The van der Waals surface area contributed by atoms with Crippen LogP contribution in [0.2, 0.25) is 0 Å². The van der Waals surface area contributed by atoms with Crippen LogP contribution in [-0.4, -0.2) is 261 Å². The summed E-state index contributed by atoms with van der Waals surface area (Å²) in [7, 11) is -3.03. The van der Waals surface area contributed by atoms with E-state index in [1.807, 2.05) is 74.4 Å². The monoisotopic (exact) mass is 2080 g/mol. The van der Waals surface area contributed by atoms with Gasteiger partial charge in [0.25, 0.3) is 59.6 Å². The molecule has 144 heavy (non-hydrogen) atoms. The average Bonchev–Trinajstić information content (AvgIpc) is 1.61. The molecule has 8 amide bonds. The van der Waals surface area contributed by atoms with E-state index in [1.165, 1.54) is 53.2 Å². The molecule has 6 bridgehead atoms. The zero-order valence-electron chi connectivity index (χ0n) is 84.5. The highest BCUT2D eigenvalue weighted by Crippen LogP contribution is 2.48. The molecule has 8 aromatic heterocycles. The number of halogens is 4. The molecular weight excluding hydrogens is 1950 g/mol. The fourth-order valence-electron chi connectivity index (χ4n) is 21.4. The summed E-state index contributed by atoms with van der Waals surface area (Å²) in [5, 5.41) is 54.8. The fourth-order valence-corrected chi connectivity index (χ4v) is 27.0. The number of fused-ring (bicyclic) bond motifs is 6. The van der Waals surface area contributed by atoms with E-state index in [0.717, 1.165) is 163 Å². The number of carbonyl (C=O) groups excluding carboxylic acids is 8. The van der Waals surface area contributed by atoms with E-state index in [9.17, 15) is 79.7 Å². The molecular formula is C102H134F4N20O13S5. The summed E-state index contributed by atoms with van der Waals surface area (Å²) in [5.41, 5.74) is 4.55. The van der Waals surface area contributed by atoms with Crippen molar-refractivity contribution in [3.8, 4) is 41.8 Å². The molecule has 0 aromatic carbocycles. The van der Waals surface area contributed by atoms with Crippen LogP contribution < -0.4 is 42.5 Å². The number of rotatable bonds is 21. The quantitative estimate of drug-likeness (QED) is 0.0298. The van der Waals surface area contributed by atoms with E-state index >= 15 is 0 Å². The lowest BCUT2D eigenvalue weighted by molar-refractivity contribution is 0.0117. The van der Waals surface area contributed by atoms with Gasteiger partial charge in [-0.05, 0) is 293 Å². The highest BCUT2D eigenvalue weighted by Gasteiger charge is 2.51. The molecule has 8 aromatic rings. The van der Waals surface area contributed by atoms with E-state index in [-0.39, 0.29) is 172 Å². The van der Waals surface area contributed by atoms with Gasteiger partial charge >= 0.3 is 0 Å². The van der Waals surface area contributed by atoms with Crippen molar-refractivity contribution in [2.75, 3.05) is 39.3 Å². The van der Waals surface area contributed by atoms with Gasteiger partial charge in [-0.3, -0.25) is 38.4 Å². The molecule has 0 spiro atoms. The third kappa shape index (κ3) is 24.9. The molecule has 33 nitrogen and oxygen atoms in total.